The van der Waals surface area contributed by atoms with E-state index in [2.05, 4.69) is 0 Å². The molecule has 1 saturated heterocycles. The summed E-state index contributed by atoms with van der Waals surface area (Å²) in [6, 6.07) is 13.2. The average Bonchev–Trinajstić information content (AvgIpc) is 3.43. The summed E-state index contributed by atoms with van der Waals surface area (Å²) in [5.74, 6) is 1.41. The molecule has 31 heavy (non-hydrogen) atoms. The fourth-order valence-corrected chi connectivity index (χ4v) is 4.46. The zero-order chi connectivity index (χ0) is 21.8. The second-order valence-corrected chi connectivity index (χ2v) is 8.30. The lowest BCUT2D eigenvalue weighted by Gasteiger charge is -2.19. The lowest BCUT2D eigenvalue weighted by Crippen LogP contribution is -2.24. The van der Waals surface area contributed by atoms with Crippen molar-refractivity contribution in [3.05, 3.63) is 59.2 Å². The summed E-state index contributed by atoms with van der Waals surface area (Å²) < 4.78 is 16.5. The van der Waals surface area contributed by atoms with E-state index in [1.165, 1.54) is 20.0 Å². The molecule has 1 atom stereocenters. The number of benzene rings is 2. The predicted molar refractivity (Wildman–Crippen MR) is 116 cm³/mol. The Balaban J connectivity index is 1.44. The van der Waals surface area contributed by atoms with Gasteiger partial charge in [-0.25, -0.2) is 4.79 Å². The molecule has 1 saturated carbocycles. The maximum absolute atomic E-state index is 12.7. The summed E-state index contributed by atoms with van der Waals surface area (Å²) in [7, 11) is 3.02. The van der Waals surface area contributed by atoms with Gasteiger partial charge in [-0.2, -0.15) is 0 Å². The molecule has 2 aliphatic rings. The van der Waals surface area contributed by atoms with Crippen LogP contribution in [0.2, 0.25) is 0 Å². The third-order valence-corrected chi connectivity index (χ3v) is 6.22. The Morgan fingerprint density at radius 2 is 1.77 bits per heavy atom. The lowest BCUT2D eigenvalue weighted by atomic mass is 9.98. The molecule has 1 aliphatic heterocycles. The van der Waals surface area contributed by atoms with Gasteiger partial charge in [0.05, 0.1) is 25.9 Å². The van der Waals surface area contributed by atoms with Crippen molar-refractivity contribution in [2.24, 2.45) is 0 Å². The number of likely N-dealkylation sites (tertiary alicyclic amines) is 1. The Hall–Kier alpha value is -3.02. The van der Waals surface area contributed by atoms with Crippen LogP contribution in [0.15, 0.2) is 42.5 Å². The van der Waals surface area contributed by atoms with E-state index in [1.54, 1.807) is 19.2 Å². The number of ether oxygens (including phenoxy) is 3. The van der Waals surface area contributed by atoms with Gasteiger partial charge in [0.1, 0.15) is 0 Å². The van der Waals surface area contributed by atoms with E-state index in [0.717, 1.165) is 35.5 Å². The lowest BCUT2D eigenvalue weighted by molar-refractivity contribution is -0.128. The van der Waals surface area contributed by atoms with E-state index in [-0.39, 0.29) is 23.9 Å². The standard InChI is InChI=1S/C25H29NO5/c1-29-22-12-11-19(13-23(22)31-21-5-3-4-6-21)20-14-24(27)26(16-20)15-17-7-9-18(10-8-17)25(28)30-2/h7-13,20-21H,3-6,14-16H2,1-2H3. The molecule has 1 amide bonds. The van der Waals surface area contributed by atoms with Crippen LogP contribution in [0, 0.1) is 0 Å². The molecule has 164 valence electrons. The van der Waals surface area contributed by atoms with Crippen LogP contribution in [0.1, 0.15) is 59.5 Å². The van der Waals surface area contributed by atoms with E-state index in [1.807, 2.05) is 35.2 Å². The van der Waals surface area contributed by atoms with Crippen LogP contribution in [-0.2, 0) is 16.1 Å². The van der Waals surface area contributed by atoms with Crippen LogP contribution in [0.3, 0.4) is 0 Å². The van der Waals surface area contributed by atoms with Crippen LogP contribution >= 0.6 is 0 Å². The largest absolute Gasteiger partial charge is 0.493 e. The highest BCUT2D eigenvalue weighted by molar-refractivity contribution is 5.89. The number of rotatable bonds is 7. The van der Waals surface area contributed by atoms with Crippen LogP contribution in [0.25, 0.3) is 0 Å². The number of nitrogens with zero attached hydrogens (tertiary/aromatic N) is 1. The first-order valence-electron chi connectivity index (χ1n) is 10.9. The summed E-state index contributed by atoms with van der Waals surface area (Å²) in [6.45, 7) is 1.19. The molecule has 2 fully saturated rings. The van der Waals surface area contributed by atoms with Crippen LogP contribution in [-0.4, -0.2) is 43.6 Å². The minimum Gasteiger partial charge on any atom is -0.493 e. The van der Waals surface area contributed by atoms with Gasteiger partial charge in [0, 0.05) is 25.4 Å². The molecule has 1 aliphatic carbocycles. The number of carbonyl (C=O) groups excluding carboxylic acids is 2. The molecule has 0 bridgehead atoms. The molecule has 4 rings (SSSR count). The highest BCUT2D eigenvalue weighted by Gasteiger charge is 2.31. The molecule has 2 aromatic rings. The summed E-state index contributed by atoms with van der Waals surface area (Å²) >= 11 is 0. The van der Waals surface area contributed by atoms with Crippen molar-refractivity contribution in [3.63, 3.8) is 0 Å². The van der Waals surface area contributed by atoms with E-state index < -0.39 is 0 Å². The van der Waals surface area contributed by atoms with Gasteiger partial charge in [0.2, 0.25) is 5.91 Å². The van der Waals surface area contributed by atoms with Crippen molar-refractivity contribution in [1.82, 2.24) is 4.90 Å². The van der Waals surface area contributed by atoms with Gasteiger partial charge in [0.25, 0.3) is 0 Å². The highest BCUT2D eigenvalue weighted by atomic mass is 16.5. The van der Waals surface area contributed by atoms with Crippen LogP contribution < -0.4 is 9.47 Å². The van der Waals surface area contributed by atoms with Crippen molar-refractivity contribution < 1.29 is 23.8 Å². The molecular weight excluding hydrogens is 394 g/mol. The Morgan fingerprint density at radius 1 is 1.03 bits per heavy atom. The SMILES string of the molecule is COC(=O)c1ccc(CN2CC(c3ccc(OC)c(OC4CCCC4)c3)CC2=O)cc1. The monoisotopic (exact) mass is 423 g/mol. The van der Waals surface area contributed by atoms with Gasteiger partial charge in [-0.3, -0.25) is 4.79 Å². The minimum absolute atomic E-state index is 0.124. The summed E-state index contributed by atoms with van der Waals surface area (Å²) in [6.07, 6.45) is 5.31. The first-order valence-corrected chi connectivity index (χ1v) is 10.9. The second-order valence-electron chi connectivity index (χ2n) is 8.30. The average molecular weight is 424 g/mol. The van der Waals surface area contributed by atoms with Gasteiger partial charge in [0.15, 0.2) is 11.5 Å². The molecular formula is C25H29NO5. The van der Waals surface area contributed by atoms with E-state index in [0.29, 0.717) is 25.1 Å². The summed E-state index contributed by atoms with van der Waals surface area (Å²) in [4.78, 5) is 26.1. The van der Waals surface area contributed by atoms with Gasteiger partial charge in [-0.1, -0.05) is 18.2 Å². The number of carbonyl (C=O) groups is 2. The van der Waals surface area contributed by atoms with Crippen molar-refractivity contribution >= 4 is 11.9 Å². The number of amides is 1. The number of hydrogen-bond acceptors (Lipinski definition) is 5. The Morgan fingerprint density at radius 3 is 2.45 bits per heavy atom. The quantitative estimate of drug-likeness (QED) is 0.621. The molecule has 0 aromatic heterocycles. The molecule has 0 N–H and O–H groups in total. The highest BCUT2D eigenvalue weighted by Crippen LogP contribution is 2.37. The zero-order valence-electron chi connectivity index (χ0n) is 18.1. The Labute approximate surface area is 183 Å². The fourth-order valence-electron chi connectivity index (χ4n) is 4.46. The van der Waals surface area contributed by atoms with E-state index in [4.69, 9.17) is 14.2 Å². The van der Waals surface area contributed by atoms with Gasteiger partial charge < -0.3 is 19.1 Å². The molecule has 1 unspecified atom stereocenters. The summed E-state index contributed by atoms with van der Waals surface area (Å²) in [5, 5.41) is 0. The Kier molecular flexibility index (Phi) is 6.44. The smallest absolute Gasteiger partial charge is 0.337 e. The number of hydrogen-bond donors (Lipinski definition) is 0. The minimum atomic E-state index is -0.362. The number of methoxy groups -OCH3 is 2. The summed E-state index contributed by atoms with van der Waals surface area (Å²) in [5.41, 5.74) is 2.59. The van der Waals surface area contributed by atoms with Gasteiger partial charge in [-0.15, -0.1) is 0 Å². The molecule has 2 aromatic carbocycles. The van der Waals surface area contributed by atoms with Crippen molar-refractivity contribution in [2.45, 2.75) is 50.7 Å². The fraction of sp³-hybridized carbons (Fsp3) is 0.440. The van der Waals surface area contributed by atoms with Crippen LogP contribution in [0.4, 0.5) is 0 Å². The topological polar surface area (TPSA) is 65.1 Å². The molecule has 0 spiro atoms. The number of esters is 1. The third kappa shape index (κ3) is 4.84. The maximum atomic E-state index is 12.7. The van der Waals surface area contributed by atoms with Crippen molar-refractivity contribution in [2.75, 3.05) is 20.8 Å². The third-order valence-electron chi connectivity index (χ3n) is 6.22. The molecule has 0 radical (unpaired) electrons. The van der Waals surface area contributed by atoms with Gasteiger partial charge >= 0.3 is 5.97 Å². The molecule has 6 nitrogen and oxygen atoms in total. The normalized spacial score (nSPS) is 19.0. The second kappa shape index (κ2) is 9.41. The Bertz CT molecular complexity index is 933. The van der Waals surface area contributed by atoms with E-state index >= 15 is 0 Å². The van der Waals surface area contributed by atoms with Gasteiger partial charge in [-0.05, 0) is 61.1 Å². The first-order chi connectivity index (χ1) is 15.1. The predicted octanol–water partition coefficient (Wildman–Crippen LogP) is 4.32. The van der Waals surface area contributed by atoms with Crippen LogP contribution in [0.5, 0.6) is 11.5 Å². The molecule has 6 heteroatoms. The molecule has 1 heterocycles. The maximum Gasteiger partial charge on any atom is 0.337 e. The zero-order valence-corrected chi connectivity index (χ0v) is 18.1. The van der Waals surface area contributed by atoms with Crippen molar-refractivity contribution in [3.8, 4) is 11.5 Å². The first kappa shape index (κ1) is 21.2. The van der Waals surface area contributed by atoms with E-state index in [9.17, 15) is 9.59 Å². The van der Waals surface area contributed by atoms with Crippen molar-refractivity contribution in [1.29, 1.82) is 0 Å².